The fourth-order valence-corrected chi connectivity index (χ4v) is 2.45. The minimum Gasteiger partial charge on any atom is -0.456 e. The standard InChI is InChI=1S/C16H14O2/c1-10-7-8-13-14(9-17)12-5-3-4-6-15(12)18-16(13)11(10)2/h3-9,14H,1-2H3. The monoisotopic (exact) mass is 238 g/mol. The first-order valence-electron chi connectivity index (χ1n) is 6.04. The van der Waals surface area contributed by atoms with Crippen LogP contribution in [0.15, 0.2) is 36.4 Å². The molecule has 2 nitrogen and oxygen atoms in total. The Morgan fingerprint density at radius 3 is 2.61 bits per heavy atom. The van der Waals surface area contributed by atoms with Crippen molar-refractivity contribution in [3.63, 3.8) is 0 Å². The van der Waals surface area contributed by atoms with E-state index < -0.39 is 0 Å². The third kappa shape index (κ3) is 1.46. The van der Waals surface area contributed by atoms with E-state index in [4.69, 9.17) is 4.74 Å². The summed E-state index contributed by atoms with van der Waals surface area (Å²) < 4.78 is 5.96. The van der Waals surface area contributed by atoms with Crippen LogP contribution in [0.1, 0.15) is 28.2 Å². The van der Waals surface area contributed by atoms with Gasteiger partial charge in [-0.1, -0.05) is 30.3 Å². The highest BCUT2D eigenvalue weighted by Gasteiger charge is 2.27. The van der Waals surface area contributed by atoms with Crippen LogP contribution >= 0.6 is 0 Å². The summed E-state index contributed by atoms with van der Waals surface area (Å²) in [7, 11) is 0. The van der Waals surface area contributed by atoms with Crippen LogP contribution in [0.4, 0.5) is 0 Å². The van der Waals surface area contributed by atoms with Gasteiger partial charge >= 0.3 is 0 Å². The van der Waals surface area contributed by atoms with E-state index in [9.17, 15) is 4.79 Å². The van der Waals surface area contributed by atoms with Crippen molar-refractivity contribution in [3.05, 3.63) is 58.7 Å². The highest BCUT2D eigenvalue weighted by Crippen LogP contribution is 2.45. The maximum absolute atomic E-state index is 11.4. The molecule has 1 aliphatic heterocycles. The fraction of sp³-hybridized carbons (Fsp3) is 0.188. The van der Waals surface area contributed by atoms with Crippen LogP contribution in [0.2, 0.25) is 0 Å². The van der Waals surface area contributed by atoms with Crippen LogP contribution in [0, 0.1) is 13.8 Å². The Balaban J connectivity index is 2.26. The number of aldehydes is 1. The number of para-hydroxylation sites is 1. The molecule has 0 N–H and O–H groups in total. The molecule has 0 fully saturated rings. The molecule has 0 aromatic heterocycles. The van der Waals surface area contributed by atoms with Crippen molar-refractivity contribution in [2.45, 2.75) is 19.8 Å². The van der Waals surface area contributed by atoms with Crippen molar-refractivity contribution in [2.24, 2.45) is 0 Å². The molecule has 0 radical (unpaired) electrons. The van der Waals surface area contributed by atoms with Crippen LogP contribution in [0.5, 0.6) is 11.5 Å². The maximum atomic E-state index is 11.4. The zero-order chi connectivity index (χ0) is 12.7. The summed E-state index contributed by atoms with van der Waals surface area (Å²) in [5, 5.41) is 0. The second-order valence-electron chi connectivity index (χ2n) is 4.68. The van der Waals surface area contributed by atoms with E-state index >= 15 is 0 Å². The predicted octanol–water partition coefficient (Wildman–Crippen LogP) is 3.74. The lowest BCUT2D eigenvalue weighted by molar-refractivity contribution is -0.108. The van der Waals surface area contributed by atoms with E-state index in [1.165, 1.54) is 5.56 Å². The highest BCUT2D eigenvalue weighted by molar-refractivity contribution is 5.75. The zero-order valence-corrected chi connectivity index (χ0v) is 10.4. The quantitative estimate of drug-likeness (QED) is 0.707. The Morgan fingerprint density at radius 1 is 1.06 bits per heavy atom. The number of rotatable bonds is 1. The van der Waals surface area contributed by atoms with Gasteiger partial charge in [0.15, 0.2) is 0 Å². The topological polar surface area (TPSA) is 26.3 Å². The Hall–Kier alpha value is -2.09. The lowest BCUT2D eigenvalue weighted by Gasteiger charge is -2.26. The first-order valence-corrected chi connectivity index (χ1v) is 6.04. The third-order valence-electron chi connectivity index (χ3n) is 3.64. The van der Waals surface area contributed by atoms with Crippen molar-refractivity contribution in [2.75, 3.05) is 0 Å². The van der Waals surface area contributed by atoms with E-state index in [1.54, 1.807) is 0 Å². The van der Waals surface area contributed by atoms with Crippen LogP contribution in [-0.2, 0) is 4.79 Å². The molecule has 0 saturated heterocycles. The van der Waals surface area contributed by atoms with Crippen molar-refractivity contribution < 1.29 is 9.53 Å². The molecular formula is C16H14O2. The van der Waals surface area contributed by atoms with Crippen LogP contribution < -0.4 is 4.74 Å². The molecule has 3 rings (SSSR count). The molecule has 2 heteroatoms. The van der Waals surface area contributed by atoms with Gasteiger partial charge < -0.3 is 9.53 Å². The highest BCUT2D eigenvalue weighted by atomic mass is 16.5. The van der Waals surface area contributed by atoms with Gasteiger partial charge in [0.05, 0.1) is 5.92 Å². The fourth-order valence-electron chi connectivity index (χ4n) is 2.45. The maximum Gasteiger partial charge on any atom is 0.134 e. The molecule has 0 bridgehead atoms. The molecule has 0 aliphatic carbocycles. The van der Waals surface area contributed by atoms with Gasteiger partial charge in [-0.15, -0.1) is 0 Å². The van der Waals surface area contributed by atoms with Crippen molar-refractivity contribution in [1.82, 2.24) is 0 Å². The molecule has 1 aliphatic rings. The van der Waals surface area contributed by atoms with Gasteiger partial charge in [0.1, 0.15) is 17.8 Å². The molecular weight excluding hydrogens is 224 g/mol. The van der Waals surface area contributed by atoms with Gasteiger partial charge in [-0.2, -0.15) is 0 Å². The summed E-state index contributed by atoms with van der Waals surface area (Å²) in [5.74, 6) is 1.41. The second-order valence-corrected chi connectivity index (χ2v) is 4.68. The van der Waals surface area contributed by atoms with Gasteiger partial charge in [0.2, 0.25) is 0 Å². The van der Waals surface area contributed by atoms with E-state index in [2.05, 4.69) is 6.92 Å². The summed E-state index contributed by atoms with van der Waals surface area (Å²) in [6.45, 7) is 4.08. The van der Waals surface area contributed by atoms with Crippen molar-refractivity contribution in [1.29, 1.82) is 0 Å². The zero-order valence-electron chi connectivity index (χ0n) is 10.4. The average Bonchev–Trinajstić information content (AvgIpc) is 2.41. The molecule has 18 heavy (non-hydrogen) atoms. The summed E-state index contributed by atoms with van der Waals surface area (Å²) in [6.07, 6.45) is 0.995. The molecule has 1 heterocycles. The molecule has 2 aromatic carbocycles. The molecule has 0 saturated carbocycles. The minimum atomic E-state index is -0.218. The number of aryl methyl sites for hydroxylation is 1. The van der Waals surface area contributed by atoms with Crippen LogP contribution in [-0.4, -0.2) is 6.29 Å². The van der Waals surface area contributed by atoms with E-state index in [1.807, 2.05) is 43.3 Å². The number of benzene rings is 2. The first-order chi connectivity index (χ1) is 8.72. The van der Waals surface area contributed by atoms with Crippen LogP contribution in [0.25, 0.3) is 0 Å². The largest absolute Gasteiger partial charge is 0.456 e. The Kier molecular flexibility index (Phi) is 2.44. The molecule has 90 valence electrons. The van der Waals surface area contributed by atoms with Gasteiger partial charge in [0, 0.05) is 11.1 Å². The molecule has 2 aromatic rings. The number of carbonyl (C=O) groups is 1. The lowest BCUT2D eigenvalue weighted by Crippen LogP contribution is -2.12. The van der Waals surface area contributed by atoms with Crippen LogP contribution in [0.3, 0.4) is 0 Å². The Morgan fingerprint density at radius 2 is 1.83 bits per heavy atom. The number of fused-ring (bicyclic) bond motifs is 2. The van der Waals surface area contributed by atoms with Gasteiger partial charge in [0.25, 0.3) is 0 Å². The Labute approximate surface area is 106 Å². The average molecular weight is 238 g/mol. The molecule has 0 spiro atoms. The SMILES string of the molecule is Cc1ccc2c(c1C)Oc1ccccc1C2C=O. The van der Waals surface area contributed by atoms with Crippen molar-refractivity contribution >= 4 is 6.29 Å². The third-order valence-corrected chi connectivity index (χ3v) is 3.64. The second kappa shape index (κ2) is 3.98. The molecule has 0 amide bonds. The first kappa shape index (κ1) is 11.0. The molecule has 1 unspecified atom stereocenters. The summed E-state index contributed by atoms with van der Waals surface area (Å²) >= 11 is 0. The van der Waals surface area contributed by atoms with E-state index in [-0.39, 0.29) is 5.92 Å². The van der Waals surface area contributed by atoms with Gasteiger partial charge in [-0.05, 0) is 31.0 Å². The summed E-state index contributed by atoms with van der Waals surface area (Å²) in [4.78, 5) is 11.4. The smallest absolute Gasteiger partial charge is 0.134 e. The Bertz CT molecular complexity index is 629. The lowest BCUT2D eigenvalue weighted by atomic mass is 9.87. The predicted molar refractivity (Wildman–Crippen MR) is 70.3 cm³/mol. The van der Waals surface area contributed by atoms with E-state index in [0.29, 0.717) is 0 Å². The summed E-state index contributed by atoms with van der Waals surface area (Å²) in [6, 6.07) is 11.8. The molecule has 1 atom stereocenters. The summed E-state index contributed by atoms with van der Waals surface area (Å²) in [5.41, 5.74) is 4.20. The number of hydrogen-bond acceptors (Lipinski definition) is 2. The van der Waals surface area contributed by atoms with Crippen molar-refractivity contribution in [3.8, 4) is 11.5 Å². The number of hydrogen-bond donors (Lipinski definition) is 0. The van der Waals surface area contributed by atoms with E-state index in [0.717, 1.165) is 34.5 Å². The van der Waals surface area contributed by atoms with Gasteiger partial charge in [-0.25, -0.2) is 0 Å². The number of ether oxygens (including phenoxy) is 1. The van der Waals surface area contributed by atoms with Gasteiger partial charge in [-0.3, -0.25) is 0 Å². The normalized spacial score (nSPS) is 16.4. The number of carbonyl (C=O) groups excluding carboxylic acids is 1. The minimum absolute atomic E-state index is 0.218.